The van der Waals surface area contributed by atoms with Gasteiger partial charge < -0.3 is 14.9 Å². The van der Waals surface area contributed by atoms with E-state index in [4.69, 9.17) is 9.84 Å². The SMILES string of the molecule is CC(C)[C@H]1COC(=O)N1C(=O)C[C@H](O)C[C@@H](C)O. The molecule has 0 spiro atoms. The number of aliphatic hydroxyl groups is 2. The Bertz CT molecular complexity index is 316. The van der Waals surface area contributed by atoms with E-state index in [-0.39, 0.29) is 31.4 Å². The number of hydrogen-bond acceptors (Lipinski definition) is 5. The topological polar surface area (TPSA) is 87.1 Å². The number of ether oxygens (including phenoxy) is 1. The molecule has 0 aromatic rings. The Hall–Kier alpha value is -1.14. The van der Waals surface area contributed by atoms with E-state index in [1.165, 1.54) is 6.92 Å². The highest BCUT2D eigenvalue weighted by Crippen LogP contribution is 2.21. The fourth-order valence-corrected chi connectivity index (χ4v) is 1.99. The van der Waals surface area contributed by atoms with Gasteiger partial charge in [-0.05, 0) is 19.3 Å². The number of hydrogen-bond donors (Lipinski definition) is 2. The molecular weight excluding hydrogens is 238 g/mol. The van der Waals surface area contributed by atoms with Crippen LogP contribution in [-0.2, 0) is 9.53 Å². The molecule has 2 N–H and O–H groups in total. The van der Waals surface area contributed by atoms with E-state index in [0.717, 1.165) is 4.90 Å². The molecule has 3 atom stereocenters. The summed E-state index contributed by atoms with van der Waals surface area (Å²) in [6, 6.07) is -0.274. The van der Waals surface area contributed by atoms with Crippen molar-refractivity contribution < 1.29 is 24.5 Å². The zero-order valence-corrected chi connectivity index (χ0v) is 11.0. The average Bonchev–Trinajstić information content (AvgIpc) is 2.58. The number of cyclic esters (lactones) is 1. The normalized spacial score (nSPS) is 23.1. The van der Waals surface area contributed by atoms with E-state index in [2.05, 4.69) is 0 Å². The summed E-state index contributed by atoms with van der Waals surface area (Å²) in [4.78, 5) is 24.5. The summed E-state index contributed by atoms with van der Waals surface area (Å²) in [5, 5.41) is 18.7. The lowest BCUT2D eigenvalue weighted by Gasteiger charge is -2.23. The quantitative estimate of drug-likeness (QED) is 0.751. The highest BCUT2D eigenvalue weighted by atomic mass is 16.6. The predicted octanol–water partition coefficient (Wildman–Crippen LogP) is 0.512. The van der Waals surface area contributed by atoms with E-state index < -0.39 is 24.2 Å². The first-order valence-corrected chi connectivity index (χ1v) is 6.17. The summed E-state index contributed by atoms with van der Waals surface area (Å²) in [6.07, 6.45) is -2.34. The van der Waals surface area contributed by atoms with Crippen LogP contribution in [0.15, 0.2) is 0 Å². The van der Waals surface area contributed by atoms with Crippen LogP contribution in [0.4, 0.5) is 4.79 Å². The number of imide groups is 1. The first kappa shape index (κ1) is 14.9. The maximum atomic E-state index is 11.9. The predicted molar refractivity (Wildman–Crippen MR) is 63.7 cm³/mol. The molecular formula is C12H21NO5. The Balaban J connectivity index is 2.61. The molecule has 0 aromatic carbocycles. The minimum absolute atomic E-state index is 0.106. The molecule has 0 aliphatic carbocycles. The molecule has 1 heterocycles. The molecule has 1 saturated heterocycles. The third-order valence-corrected chi connectivity index (χ3v) is 2.97. The van der Waals surface area contributed by atoms with Crippen LogP contribution in [0, 0.1) is 5.92 Å². The van der Waals surface area contributed by atoms with Gasteiger partial charge >= 0.3 is 6.09 Å². The van der Waals surface area contributed by atoms with Gasteiger partial charge in [-0.2, -0.15) is 0 Å². The third kappa shape index (κ3) is 3.68. The molecule has 104 valence electrons. The lowest BCUT2D eigenvalue weighted by molar-refractivity contribution is -0.132. The Kier molecular flexibility index (Phi) is 5.10. The first-order valence-electron chi connectivity index (χ1n) is 6.17. The van der Waals surface area contributed by atoms with Crippen LogP contribution >= 0.6 is 0 Å². The number of carbonyl (C=O) groups excluding carboxylic acids is 2. The maximum absolute atomic E-state index is 11.9. The summed E-state index contributed by atoms with van der Waals surface area (Å²) in [7, 11) is 0. The summed E-state index contributed by atoms with van der Waals surface area (Å²) in [5.74, 6) is -0.348. The van der Waals surface area contributed by atoms with Crippen molar-refractivity contribution >= 4 is 12.0 Å². The monoisotopic (exact) mass is 259 g/mol. The fraction of sp³-hybridized carbons (Fsp3) is 0.833. The third-order valence-electron chi connectivity index (χ3n) is 2.97. The summed E-state index contributed by atoms with van der Waals surface area (Å²) in [5.41, 5.74) is 0. The lowest BCUT2D eigenvalue weighted by Crippen LogP contribution is -2.43. The number of rotatable bonds is 5. The van der Waals surface area contributed by atoms with Gasteiger partial charge in [0.05, 0.1) is 24.7 Å². The van der Waals surface area contributed by atoms with Gasteiger partial charge in [-0.15, -0.1) is 0 Å². The molecule has 0 aromatic heterocycles. The van der Waals surface area contributed by atoms with Crippen molar-refractivity contribution in [3.63, 3.8) is 0 Å². The lowest BCUT2D eigenvalue weighted by atomic mass is 10.0. The molecule has 18 heavy (non-hydrogen) atoms. The van der Waals surface area contributed by atoms with Crippen molar-refractivity contribution in [1.82, 2.24) is 4.90 Å². The molecule has 0 saturated carbocycles. The van der Waals surface area contributed by atoms with Crippen molar-refractivity contribution in [3.05, 3.63) is 0 Å². The van der Waals surface area contributed by atoms with Gasteiger partial charge in [0.25, 0.3) is 0 Å². The Morgan fingerprint density at radius 1 is 1.44 bits per heavy atom. The van der Waals surface area contributed by atoms with Gasteiger partial charge in [-0.3, -0.25) is 4.79 Å². The van der Waals surface area contributed by atoms with Crippen LogP contribution in [0.2, 0.25) is 0 Å². The molecule has 6 heteroatoms. The number of nitrogens with zero attached hydrogens (tertiary/aromatic N) is 1. The summed E-state index contributed by atoms with van der Waals surface area (Å²) in [6.45, 7) is 5.54. The van der Waals surface area contributed by atoms with Gasteiger partial charge in [-0.25, -0.2) is 9.69 Å². The second-order valence-electron chi connectivity index (χ2n) is 5.09. The van der Waals surface area contributed by atoms with Gasteiger partial charge in [0.1, 0.15) is 6.61 Å². The zero-order chi connectivity index (χ0) is 13.9. The molecule has 6 nitrogen and oxygen atoms in total. The van der Waals surface area contributed by atoms with Crippen molar-refractivity contribution in [2.24, 2.45) is 5.92 Å². The fourth-order valence-electron chi connectivity index (χ4n) is 1.99. The Morgan fingerprint density at radius 3 is 2.56 bits per heavy atom. The second-order valence-corrected chi connectivity index (χ2v) is 5.09. The van der Waals surface area contributed by atoms with Crippen LogP contribution in [0.25, 0.3) is 0 Å². The van der Waals surface area contributed by atoms with Gasteiger partial charge in [0.15, 0.2) is 0 Å². The molecule has 1 aliphatic heterocycles. The standard InChI is InChI=1S/C12H21NO5/c1-7(2)10-6-18-12(17)13(10)11(16)5-9(15)4-8(3)14/h7-10,14-15H,4-6H2,1-3H3/t8-,9-,10-/m1/s1. The minimum atomic E-state index is -0.946. The second kappa shape index (κ2) is 6.15. The maximum Gasteiger partial charge on any atom is 0.416 e. The minimum Gasteiger partial charge on any atom is -0.447 e. The van der Waals surface area contributed by atoms with Gasteiger partial charge in [-0.1, -0.05) is 13.8 Å². The summed E-state index contributed by atoms with van der Waals surface area (Å²) >= 11 is 0. The molecule has 0 radical (unpaired) electrons. The van der Waals surface area contributed by atoms with Crippen molar-refractivity contribution in [3.8, 4) is 0 Å². The van der Waals surface area contributed by atoms with Crippen LogP contribution in [0.3, 0.4) is 0 Å². The van der Waals surface area contributed by atoms with Crippen LogP contribution < -0.4 is 0 Å². The molecule has 0 bridgehead atoms. The number of aliphatic hydroxyl groups excluding tert-OH is 2. The van der Waals surface area contributed by atoms with E-state index in [1.807, 2.05) is 13.8 Å². The van der Waals surface area contributed by atoms with Crippen LogP contribution in [0.1, 0.15) is 33.6 Å². The molecule has 0 unspecified atom stereocenters. The molecule has 2 amide bonds. The van der Waals surface area contributed by atoms with Crippen LogP contribution in [0.5, 0.6) is 0 Å². The first-order chi connectivity index (χ1) is 8.32. The molecule has 1 aliphatic rings. The zero-order valence-electron chi connectivity index (χ0n) is 11.0. The highest BCUT2D eigenvalue weighted by Gasteiger charge is 2.39. The van der Waals surface area contributed by atoms with E-state index in [0.29, 0.717) is 0 Å². The van der Waals surface area contributed by atoms with Gasteiger partial charge in [0.2, 0.25) is 5.91 Å². The molecule has 1 rings (SSSR count). The van der Waals surface area contributed by atoms with Crippen LogP contribution in [-0.4, -0.2) is 52.0 Å². The average molecular weight is 259 g/mol. The number of carbonyl (C=O) groups is 2. The van der Waals surface area contributed by atoms with Crippen molar-refractivity contribution in [1.29, 1.82) is 0 Å². The van der Waals surface area contributed by atoms with Crippen molar-refractivity contribution in [2.45, 2.75) is 51.9 Å². The van der Waals surface area contributed by atoms with Crippen molar-refractivity contribution in [2.75, 3.05) is 6.61 Å². The van der Waals surface area contributed by atoms with Gasteiger partial charge in [0, 0.05) is 0 Å². The highest BCUT2D eigenvalue weighted by molar-refractivity contribution is 5.93. The Labute approximate surface area is 107 Å². The largest absolute Gasteiger partial charge is 0.447 e. The van der Waals surface area contributed by atoms with E-state index >= 15 is 0 Å². The Morgan fingerprint density at radius 2 is 2.06 bits per heavy atom. The van der Waals surface area contributed by atoms with E-state index in [1.54, 1.807) is 0 Å². The summed E-state index contributed by atoms with van der Waals surface area (Å²) < 4.78 is 4.86. The van der Waals surface area contributed by atoms with E-state index in [9.17, 15) is 14.7 Å². The smallest absolute Gasteiger partial charge is 0.416 e. The number of amides is 2. The molecule has 1 fully saturated rings.